The highest BCUT2D eigenvalue weighted by atomic mass is 16.5. The van der Waals surface area contributed by atoms with Crippen LogP contribution in [0.4, 0.5) is 0 Å². The van der Waals surface area contributed by atoms with E-state index >= 15 is 0 Å². The molecule has 19 heavy (non-hydrogen) atoms. The topological polar surface area (TPSA) is 97.0 Å². The predicted molar refractivity (Wildman–Crippen MR) is 66.3 cm³/mol. The van der Waals surface area contributed by atoms with Gasteiger partial charge in [0.2, 0.25) is 5.76 Å². The molecule has 1 aromatic heterocycles. The highest BCUT2D eigenvalue weighted by molar-refractivity contribution is 5.89. The van der Waals surface area contributed by atoms with Crippen molar-refractivity contribution in [3.05, 3.63) is 47.2 Å². The van der Waals surface area contributed by atoms with Crippen LogP contribution in [0.3, 0.4) is 0 Å². The molecular weight excluding hydrogens is 252 g/mol. The third-order valence-corrected chi connectivity index (χ3v) is 2.36. The molecular formula is C13H11O6. The molecule has 2 N–H and O–H groups in total. The fraction of sp³-hybridized carbons (Fsp3) is 0.154. The number of hydrogen-bond donors (Lipinski definition) is 2. The van der Waals surface area contributed by atoms with Crippen molar-refractivity contribution >= 4 is 16.9 Å². The van der Waals surface area contributed by atoms with Crippen molar-refractivity contribution in [2.24, 2.45) is 0 Å². The van der Waals surface area contributed by atoms with Crippen molar-refractivity contribution in [3.63, 3.8) is 0 Å². The number of aromatic carboxylic acids is 1. The Labute approximate surface area is 107 Å². The van der Waals surface area contributed by atoms with Gasteiger partial charge in [0.15, 0.2) is 5.43 Å². The molecule has 0 saturated carbocycles. The summed E-state index contributed by atoms with van der Waals surface area (Å²) >= 11 is 0. The van der Waals surface area contributed by atoms with Crippen molar-refractivity contribution in [1.82, 2.24) is 0 Å². The van der Waals surface area contributed by atoms with Gasteiger partial charge in [-0.3, -0.25) is 4.79 Å². The van der Waals surface area contributed by atoms with Gasteiger partial charge in [0, 0.05) is 6.07 Å². The van der Waals surface area contributed by atoms with Crippen LogP contribution in [-0.2, 0) is 0 Å². The van der Waals surface area contributed by atoms with E-state index in [1.807, 2.05) is 0 Å². The number of aliphatic hydroxyl groups is 1. The molecule has 2 aromatic rings. The van der Waals surface area contributed by atoms with Crippen molar-refractivity contribution in [3.8, 4) is 5.75 Å². The van der Waals surface area contributed by atoms with Crippen molar-refractivity contribution < 1.29 is 24.2 Å². The van der Waals surface area contributed by atoms with E-state index in [0.29, 0.717) is 0 Å². The number of fused-ring (bicyclic) bond motifs is 1. The summed E-state index contributed by atoms with van der Waals surface area (Å²) in [6.07, 6.45) is -0.930. The first-order chi connectivity index (χ1) is 8.99. The molecule has 0 amide bonds. The van der Waals surface area contributed by atoms with E-state index in [9.17, 15) is 9.59 Å². The Morgan fingerprint density at radius 3 is 2.84 bits per heavy atom. The zero-order valence-corrected chi connectivity index (χ0v) is 9.83. The largest absolute Gasteiger partial charge is 0.490 e. The van der Waals surface area contributed by atoms with E-state index in [0.717, 1.165) is 6.07 Å². The lowest BCUT2D eigenvalue weighted by Crippen LogP contribution is -2.15. The average molecular weight is 263 g/mol. The lowest BCUT2D eigenvalue weighted by molar-refractivity contribution is 0.0663. The Hall–Kier alpha value is -2.34. The molecule has 1 aromatic carbocycles. The Bertz CT molecular complexity index is 670. The third kappa shape index (κ3) is 2.74. The molecule has 1 unspecified atom stereocenters. The highest BCUT2D eigenvalue weighted by Crippen LogP contribution is 2.23. The molecule has 0 bridgehead atoms. The Morgan fingerprint density at radius 1 is 1.47 bits per heavy atom. The minimum atomic E-state index is -1.32. The monoisotopic (exact) mass is 263 g/mol. The first kappa shape index (κ1) is 13.1. The third-order valence-electron chi connectivity index (χ3n) is 2.36. The number of hydrogen-bond acceptors (Lipinski definition) is 5. The zero-order valence-electron chi connectivity index (χ0n) is 9.83. The van der Waals surface area contributed by atoms with Crippen LogP contribution in [0.5, 0.6) is 5.75 Å². The normalized spacial score (nSPS) is 12.3. The number of carboxylic acid groups (broad SMARTS) is 1. The van der Waals surface area contributed by atoms with Crippen LogP contribution in [0.15, 0.2) is 33.5 Å². The lowest BCUT2D eigenvalue weighted by Gasteiger charge is -2.09. The van der Waals surface area contributed by atoms with Gasteiger partial charge in [-0.15, -0.1) is 0 Å². The number of rotatable bonds is 4. The van der Waals surface area contributed by atoms with Crippen LogP contribution in [0.2, 0.25) is 0 Å². The molecule has 0 spiro atoms. The fourth-order valence-electron chi connectivity index (χ4n) is 1.59. The second-order valence-corrected chi connectivity index (χ2v) is 3.87. The number of carboxylic acids is 1. The van der Waals surface area contributed by atoms with Crippen LogP contribution in [0, 0.1) is 6.92 Å². The van der Waals surface area contributed by atoms with Gasteiger partial charge in [0.1, 0.15) is 23.3 Å². The van der Waals surface area contributed by atoms with Gasteiger partial charge in [-0.2, -0.15) is 0 Å². The van der Waals surface area contributed by atoms with Gasteiger partial charge >= 0.3 is 5.97 Å². The first-order valence-corrected chi connectivity index (χ1v) is 5.43. The lowest BCUT2D eigenvalue weighted by atomic mass is 10.2. The Kier molecular flexibility index (Phi) is 3.52. The highest BCUT2D eigenvalue weighted by Gasteiger charge is 2.14. The van der Waals surface area contributed by atoms with E-state index in [1.54, 1.807) is 6.07 Å². The first-order valence-electron chi connectivity index (χ1n) is 5.43. The molecule has 6 nitrogen and oxygen atoms in total. The van der Waals surface area contributed by atoms with E-state index in [4.69, 9.17) is 19.4 Å². The number of aliphatic hydroxyl groups excluding tert-OH is 1. The summed E-state index contributed by atoms with van der Waals surface area (Å²) in [5.41, 5.74) is -0.409. The van der Waals surface area contributed by atoms with Crippen molar-refractivity contribution in [2.45, 2.75) is 6.10 Å². The summed E-state index contributed by atoms with van der Waals surface area (Å²) in [4.78, 5) is 22.7. The van der Waals surface area contributed by atoms with Crippen LogP contribution < -0.4 is 10.2 Å². The van der Waals surface area contributed by atoms with Crippen molar-refractivity contribution in [2.75, 3.05) is 6.61 Å². The summed E-state index contributed by atoms with van der Waals surface area (Å²) in [5.74, 6) is -1.55. The van der Waals surface area contributed by atoms with Gasteiger partial charge < -0.3 is 19.4 Å². The molecule has 1 atom stereocenters. The summed E-state index contributed by atoms with van der Waals surface area (Å²) in [5, 5.41) is 18.0. The number of ether oxygens (including phenoxy) is 1. The predicted octanol–water partition coefficient (Wildman–Crippen LogP) is 1.06. The van der Waals surface area contributed by atoms with Crippen LogP contribution in [0.25, 0.3) is 11.0 Å². The number of benzene rings is 1. The fourth-order valence-corrected chi connectivity index (χ4v) is 1.59. The minimum Gasteiger partial charge on any atom is -0.490 e. The summed E-state index contributed by atoms with van der Waals surface area (Å²) in [7, 11) is 0. The summed E-state index contributed by atoms with van der Waals surface area (Å²) in [6, 6.07) is 5.44. The molecule has 1 radical (unpaired) electrons. The minimum absolute atomic E-state index is 0.0841. The van der Waals surface area contributed by atoms with Gasteiger partial charge in [0.05, 0.1) is 6.10 Å². The molecule has 0 aliphatic carbocycles. The SMILES string of the molecule is [CH2]C(O)COc1cccc2oc(C(=O)O)cc(=O)c12. The summed E-state index contributed by atoms with van der Waals surface area (Å²) in [6.45, 7) is 3.26. The van der Waals surface area contributed by atoms with Gasteiger partial charge in [0.25, 0.3) is 0 Å². The second kappa shape index (κ2) is 5.11. The smallest absolute Gasteiger partial charge is 0.371 e. The molecule has 0 aliphatic rings. The maximum Gasteiger partial charge on any atom is 0.371 e. The van der Waals surface area contributed by atoms with Gasteiger partial charge in [-0.25, -0.2) is 4.79 Å². The molecule has 0 fully saturated rings. The maximum atomic E-state index is 11.9. The van der Waals surface area contributed by atoms with Crippen LogP contribution in [0.1, 0.15) is 10.6 Å². The van der Waals surface area contributed by atoms with Gasteiger partial charge in [-0.05, 0) is 19.1 Å². The molecule has 0 saturated heterocycles. The Morgan fingerprint density at radius 2 is 2.21 bits per heavy atom. The van der Waals surface area contributed by atoms with E-state index in [1.165, 1.54) is 12.1 Å². The Balaban J connectivity index is 2.56. The maximum absolute atomic E-state index is 11.9. The molecule has 6 heteroatoms. The quantitative estimate of drug-likeness (QED) is 0.856. The van der Waals surface area contributed by atoms with Crippen LogP contribution in [-0.4, -0.2) is 28.9 Å². The van der Waals surface area contributed by atoms with E-state index < -0.39 is 23.3 Å². The second-order valence-electron chi connectivity index (χ2n) is 3.87. The molecule has 2 rings (SSSR count). The van der Waals surface area contributed by atoms with Crippen molar-refractivity contribution in [1.29, 1.82) is 0 Å². The number of carbonyl (C=O) groups is 1. The average Bonchev–Trinajstić information content (AvgIpc) is 2.35. The zero-order chi connectivity index (χ0) is 14.0. The molecule has 99 valence electrons. The van der Waals surface area contributed by atoms with Crippen LogP contribution >= 0.6 is 0 Å². The van der Waals surface area contributed by atoms with E-state index in [-0.39, 0.29) is 23.3 Å². The standard InChI is InChI=1S/C13H11O6/c1-7(14)6-18-9-3-2-4-10-12(9)8(15)5-11(19-10)13(16)17/h2-5,7,14H,1,6H2,(H,16,17). The molecule has 1 heterocycles. The van der Waals surface area contributed by atoms with E-state index in [2.05, 4.69) is 6.92 Å². The summed E-state index contributed by atoms with van der Waals surface area (Å²) < 4.78 is 10.3. The van der Waals surface area contributed by atoms with Gasteiger partial charge in [-0.1, -0.05) is 6.07 Å². The molecule has 0 aliphatic heterocycles.